The van der Waals surface area contributed by atoms with E-state index in [1.807, 2.05) is 49.5 Å². The first-order valence-corrected chi connectivity index (χ1v) is 11.0. The Balaban J connectivity index is 1.67. The molecule has 2 fully saturated rings. The monoisotopic (exact) mass is 408 g/mol. The number of anilines is 1. The lowest BCUT2D eigenvalue weighted by Gasteiger charge is -2.35. The van der Waals surface area contributed by atoms with Crippen LogP contribution >= 0.6 is 0 Å². The summed E-state index contributed by atoms with van der Waals surface area (Å²) in [7, 11) is 2.15. The summed E-state index contributed by atoms with van der Waals surface area (Å²) < 4.78 is 0. The van der Waals surface area contributed by atoms with Crippen LogP contribution in [-0.2, 0) is 4.79 Å². The lowest BCUT2D eigenvalue weighted by molar-refractivity contribution is -0.135. The van der Waals surface area contributed by atoms with Crippen molar-refractivity contribution in [3.63, 3.8) is 0 Å². The number of carbonyl (C=O) groups excluding carboxylic acids is 1. The average Bonchev–Trinajstić information content (AvgIpc) is 2.79. The van der Waals surface area contributed by atoms with Gasteiger partial charge >= 0.3 is 0 Å². The van der Waals surface area contributed by atoms with Gasteiger partial charge < -0.3 is 14.7 Å². The van der Waals surface area contributed by atoms with Gasteiger partial charge in [0, 0.05) is 75.3 Å². The summed E-state index contributed by atoms with van der Waals surface area (Å²) in [6.07, 6.45) is 7.63. The quantitative estimate of drug-likeness (QED) is 0.775. The molecule has 0 N–H and O–H groups in total. The zero-order valence-electron chi connectivity index (χ0n) is 18.3. The number of piperazine rings is 1. The van der Waals surface area contributed by atoms with Crippen molar-refractivity contribution >= 4 is 11.9 Å². The van der Waals surface area contributed by atoms with Crippen molar-refractivity contribution < 1.29 is 4.79 Å². The van der Waals surface area contributed by atoms with Gasteiger partial charge in [-0.3, -0.25) is 9.78 Å². The number of rotatable bonds is 4. The summed E-state index contributed by atoms with van der Waals surface area (Å²) in [6.45, 7) is 9.44. The number of aromatic nitrogens is 3. The molecule has 2 saturated heterocycles. The molecule has 1 unspecified atom stereocenters. The largest absolute Gasteiger partial charge is 0.342 e. The molecule has 2 aromatic heterocycles. The number of carbonyl (C=O) groups is 1. The molecule has 0 radical (unpaired) electrons. The van der Waals surface area contributed by atoms with Gasteiger partial charge in [0.15, 0.2) is 0 Å². The van der Waals surface area contributed by atoms with E-state index in [1.54, 1.807) is 0 Å². The Kier molecular flexibility index (Phi) is 6.27. The minimum atomic E-state index is 0.0229. The number of hydrogen-bond acceptors (Lipinski definition) is 6. The van der Waals surface area contributed by atoms with Crippen LogP contribution in [0, 0.1) is 5.92 Å². The molecule has 7 heteroatoms. The minimum Gasteiger partial charge on any atom is -0.342 e. The van der Waals surface area contributed by atoms with Crippen LogP contribution in [0.2, 0.25) is 0 Å². The maximum absolute atomic E-state index is 12.6. The molecule has 30 heavy (non-hydrogen) atoms. The molecule has 0 aromatic carbocycles. The zero-order valence-corrected chi connectivity index (χ0v) is 18.3. The van der Waals surface area contributed by atoms with Gasteiger partial charge in [-0.15, -0.1) is 0 Å². The van der Waals surface area contributed by atoms with Crippen molar-refractivity contribution in [2.75, 3.05) is 51.2 Å². The standard InChI is InChI=1S/C23H32N6O/c1-17(2)22(30)29-10-4-5-19(16-29)21-20(18-6-8-24-9-7-18)15-25-23(26-21)28-13-11-27(3)12-14-28/h6-9,15,17,19H,4-5,10-14,16H2,1-3H3. The molecule has 0 bridgehead atoms. The fraction of sp³-hybridized carbons (Fsp3) is 0.565. The van der Waals surface area contributed by atoms with Gasteiger partial charge in [-0.25, -0.2) is 9.97 Å². The molecular weight excluding hydrogens is 376 g/mol. The van der Waals surface area contributed by atoms with E-state index in [-0.39, 0.29) is 17.7 Å². The second-order valence-corrected chi connectivity index (χ2v) is 8.77. The number of hydrogen-bond donors (Lipinski definition) is 0. The Bertz CT molecular complexity index is 863. The van der Waals surface area contributed by atoms with E-state index >= 15 is 0 Å². The molecular formula is C23H32N6O. The van der Waals surface area contributed by atoms with Crippen molar-refractivity contribution in [3.05, 3.63) is 36.4 Å². The molecule has 0 aliphatic carbocycles. The van der Waals surface area contributed by atoms with Crippen LogP contribution in [0.25, 0.3) is 11.1 Å². The summed E-state index contributed by atoms with van der Waals surface area (Å²) in [5, 5.41) is 0. The molecule has 7 nitrogen and oxygen atoms in total. The predicted molar refractivity (Wildman–Crippen MR) is 118 cm³/mol. The van der Waals surface area contributed by atoms with E-state index in [4.69, 9.17) is 9.97 Å². The third-order valence-corrected chi connectivity index (χ3v) is 6.20. The lowest BCUT2D eigenvalue weighted by atomic mass is 9.89. The van der Waals surface area contributed by atoms with Crippen molar-refractivity contribution in [1.29, 1.82) is 0 Å². The summed E-state index contributed by atoms with van der Waals surface area (Å²) >= 11 is 0. The lowest BCUT2D eigenvalue weighted by Crippen LogP contribution is -2.45. The second-order valence-electron chi connectivity index (χ2n) is 8.77. The first-order chi connectivity index (χ1) is 14.5. The Labute approximate surface area is 179 Å². The number of pyridine rings is 1. The Hall–Kier alpha value is -2.54. The Morgan fingerprint density at radius 1 is 1.10 bits per heavy atom. The summed E-state index contributed by atoms with van der Waals surface area (Å²) in [5.74, 6) is 1.29. The average molecular weight is 409 g/mol. The maximum atomic E-state index is 12.6. The van der Waals surface area contributed by atoms with Crippen LogP contribution < -0.4 is 4.90 Å². The normalized spacial score (nSPS) is 20.6. The number of piperidine rings is 1. The molecule has 2 aromatic rings. The Morgan fingerprint density at radius 3 is 2.53 bits per heavy atom. The fourth-order valence-electron chi connectivity index (χ4n) is 4.37. The third-order valence-electron chi connectivity index (χ3n) is 6.20. The highest BCUT2D eigenvalue weighted by Crippen LogP contribution is 2.34. The summed E-state index contributed by atoms with van der Waals surface area (Å²) in [6, 6.07) is 4.02. The highest BCUT2D eigenvalue weighted by Gasteiger charge is 2.29. The molecule has 2 aliphatic rings. The van der Waals surface area contributed by atoms with Crippen LogP contribution in [0.15, 0.2) is 30.7 Å². The SMILES string of the molecule is CC(C)C(=O)N1CCCC(c2nc(N3CCN(C)CC3)ncc2-c2ccncc2)C1. The van der Waals surface area contributed by atoms with E-state index in [0.29, 0.717) is 0 Å². The van der Waals surface area contributed by atoms with E-state index < -0.39 is 0 Å². The van der Waals surface area contributed by atoms with Gasteiger partial charge in [-0.2, -0.15) is 0 Å². The molecule has 4 heterocycles. The fourth-order valence-corrected chi connectivity index (χ4v) is 4.37. The van der Waals surface area contributed by atoms with Gasteiger partial charge in [-0.05, 0) is 37.6 Å². The summed E-state index contributed by atoms with van der Waals surface area (Å²) in [5.41, 5.74) is 3.20. The number of likely N-dealkylation sites (N-methyl/N-ethyl adjacent to an activating group) is 1. The molecule has 2 aliphatic heterocycles. The minimum absolute atomic E-state index is 0.0229. The highest BCUT2D eigenvalue weighted by atomic mass is 16.2. The van der Waals surface area contributed by atoms with Crippen LogP contribution in [0.5, 0.6) is 0 Å². The van der Waals surface area contributed by atoms with E-state index in [2.05, 4.69) is 21.8 Å². The van der Waals surface area contributed by atoms with Crippen LogP contribution in [0.4, 0.5) is 5.95 Å². The highest BCUT2D eigenvalue weighted by molar-refractivity contribution is 5.78. The maximum Gasteiger partial charge on any atom is 0.225 e. The predicted octanol–water partition coefficient (Wildman–Crippen LogP) is 2.65. The smallest absolute Gasteiger partial charge is 0.225 e. The van der Waals surface area contributed by atoms with Crippen molar-refractivity contribution in [3.8, 4) is 11.1 Å². The summed E-state index contributed by atoms with van der Waals surface area (Å²) in [4.78, 5) is 33.3. The van der Waals surface area contributed by atoms with Crippen molar-refractivity contribution in [2.45, 2.75) is 32.6 Å². The second kappa shape index (κ2) is 9.08. The van der Waals surface area contributed by atoms with E-state index in [0.717, 1.165) is 74.9 Å². The molecule has 0 spiro atoms. The molecule has 0 saturated carbocycles. The van der Waals surface area contributed by atoms with E-state index in [9.17, 15) is 4.79 Å². The topological polar surface area (TPSA) is 65.5 Å². The van der Waals surface area contributed by atoms with Crippen molar-refractivity contribution in [1.82, 2.24) is 24.8 Å². The number of amides is 1. The van der Waals surface area contributed by atoms with Crippen molar-refractivity contribution in [2.24, 2.45) is 5.92 Å². The number of likely N-dealkylation sites (tertiary alicyclic amines) is 1. The van der Waals surface area contributed by atoms with Gasteiger partial charge in [0.1, 0.15) is 0 Å². The van der Waals surface area contributed by atoms with Gasteiger partial charge in [0.2, 0.25) is 11.9 Å². The van der Waals surface area contributed by atoms with E-state index in [1.165, 1.54) is 0 Å². The van der Waals surface area contributed by atoms with Crippen LogP contribution in [0.1, 0.15) is 38.3 Å². The first kappa shape index (κ1) is 20.7. The molecule has 4 rings (SSSR count). The zero-order chi connectivity index (χ0) is 21.1. The van der Waals surface area contributed by atoms with Gasteiger partial charge in [-0.1, -0.05) is 13.8 Å². The van der Waals surface area contributed by atoms with Crippen LogP contribution in [-0.4, -0.2) is 77.0 Å². The van der Waals surface area contributed by atoms with Gasteiger partial charge in [0.05, 0.1) is 5.69 Å². The Morgan fingerprint density at radius 2 is 1.83 bits per heavy atom. The molecule has 160 valence electrons. The molecule has 1 atom stereocenters. The molecule has 1 amide bonds. The third kappa shape index (κ3) is 4.46. The first-order valence-electron chi connectivity index (χ1n) is 11.0. The van der Waals surface area contributed by atoms with Gasteiger partial charge in [0.25, 0.3) is 0 Å². The number of nitrogens with zero attached hydrogens (tertiary/aromatic N) is 6. The van der Waals surface area contributed by atoms with Crippen LogP contribution in [0.3, 0.4) is 0 Å².